The number of ether oxygens (including phenoxy) is 1. The van der Waals surface area contributed by atoms with E-state index in [0.29, 0.717) is 32.0 Å². The standard InChI is InChI=1S/C28H30ClNO5S/c1-18-13-24-22(15-23(18)29)19(14-27(32)35-24)16-34-28(33)21-11-7-8-12-25(21)36-17-26(31)30-20-9-5-3-2-4-6-10-20/h7-8,11-15,20H,2-6,9-10,16-17H2,1H3,(H,30,31). The molecular formula is C28H30ClNO5S. The lowest BCUT2D eigenvalue weighted by Crippen LogP contribution is -2.36. The number of thioether (sulfide) groups is 1. The Bertz CT molecular complexity index is 1300. The number of hydrogen-bond acceptors (Lipinski definition) is 6. The molecular weight excluding hydrogens is 498 g/mol. The van der Waals surface area contributed by atoms with E-state index in [1.807, 2.05) is 13.0 Å². The molecule has 0 radical (unpaired) electrons. The molecule has 36 heavy (non-hydrogen) atoms. The molecule has 1 aliphatic carbocycles. The van der Waals surface area contributed by atoms with E-state index >= 15 is 0 Å². The summed E-state index contributed by atoms with van der Waals surface area (Å²) in [6.45, 7) is 1.71. The number of hydrogen-bond donors (Lipinski definition) is 1. The Morgan fingerprint density at radius 3 is 2.58 bits per heavy atom. The summed E-state index contributed by atoms with van der Waals surface area (Å²) in [5.41, 5.74) is 1.54. The smallest absolute Gasteiger partial charge is 0.339 e. The number of aryl methyl sites for hydroxylation is 1. The molecule has 1 amide bonds. The van der Waals surface area contributed by atoms with Gasteiger partial charge in [-0.25, -0.2) is 9.59 Å². The van der Waals surface area contributed by atoms with Crippen molar-refractivity contribution in [1.29, 1.82) is 0 Å². The van der Waals surface area contributed by atoms with Crippen molar-refractivity contribution in [3.8, 4) is 0 Å². The van der Waals surface area contributed by atoms with Crippen LogP contribution in [-0.2, 0) is 16.1 Å². The number of nitrogens with one attached hydrogen (secondary N) is 1. The van der Waals surface area contributed by atoms with Gasteiger partial charge in [0.2, 0.25) is 5.91 Å². The fraction of sp³-hybridized carbons (Fsp3) is 0.393. The number of carbonyl (C=O) groups is 2. The second kappa shape index (κ2) is 12.5. The van der Waals surface area contributed by atoms with Gasteiger partial charge in [0.05, 0.1) is 11.3 Å². The first-order valence-electron chi connectivity index (χ1n) is 12.3. The summed E-state index contributed by atoms with van der Waals surface area (Å²) < 4.78 is 10.8. The van der Waals surface area contributed by atoms with Crippen LogP contribution in [0, 0.1) is 6.92 Å². The molecule has 0 aliphatic heterocycles. The van der Waals surface area contributed by atoms with Crippen molar-refractivity contribution >= 4 is 46.2 Å². The Labute approximate surface area is 219 Å². The average Bonchev–Trinajstić information content (AvgIpc) is 2.84. The van der Waals surface area contributed by atoms with Gasteiger partial charge in [-0.2, -0.15) is 0 Å². The van der Waals surface area contributed by atoms with Crippen molar-refractivity contribution < 1.29 is 18.7 Å². The van der Waals surface area contributed by atoms with Crippen LogP contribution in [0.25, 0.3) is 11.0 Å². The zero-order valence-corrected chi connectivity index (χ0v) is 21.9. The largest absolute Gasteiger partial charge is 0.457 e. The van der Waals surface area contributed by atoms with Gasteiger partial charge < -0.3 is 14.5 Å². The van der Waals surface area contributed by atoms with Gasteiger partial charge in [-0.15, -0.1) is 11.8 Å². The van der Waals surface area contributed by atoms with E-state index in [4.69, 9.17) is 20.8 Å². The van der Waals surface area contributed by atoms with Crippen LogP contribution in [0.4, 0.5) is 0 Å². The minimum atomic E-state index is -0.530. The monoisotopic (exact) mass is 527 g/mol. The first kappa shape index (κ1) is 26.3. The molecule has 190 valence electrons. The predicted molar refractivity (Wildman–Crippen MR) is 143 cm³/mol. The zero-order valence-electron chi connectivity index (χ0n) is 20.3. The highest BCUT2D eigenvalue weighted by Crippen LogP contribution is 2.27. The number of esters is 1. The summed E-state index contributed by atoms with van der Waals surface area (Å²) in [6.07, 6.45) is 8.09. The third kappa shape index (κ3) is 6.92. The molecule has 1 fully saturated rings. The molecule has 4 rings (SSSR count). The van der Waals surface area contributed by atoms with Crippen molar-refractivity contribution in [3.63, 3.8) is 0 Å². The number of carbonyl (C=O) groups excluding carboxylic acids is 2. The molecule has 0 bridgehead atoms. The van der Waals surface area contributed by atoms with Crippen LogP contribution in [-0.4, -0.2) is 23.7 Å². The van der Waals surface area contributed by atoms with Gasteiger partial charge in [0.1, 0.15) is 12.2 Å². The van der Waals surface area contributed by atoms with E-state index in [-0.39, 0.29) is 24.3 Å². The van der Waals surface area contributed by atoms with Gasteiger partial charge in [0, 0.05) is 33.0 Å². The average molecular weight is 528 g/mol. The van der Waals surface area contributed by atoms with Crippen molar-refractivity contribution in [1.82, 2.24) is 5.32 Å². The van der Waals surface area contributed by atoms with Crippen molar-refractivity contribution in [2.24, 2.45) is 0 Å². The number of fused-ring (bicyclic) bond motifs is 1. The molecule has 1 N–H and O–H groups in total. The third-order valence-electron chi connectivity index (χ3n) is 6.40. The van der Waals surface area contributed by atoms with Crippen molar-refractivity contribution in [2.45, 2.75) is 69.4 Å². The van der Waals surface area contributed by atoms with Gasteiger partial charge in [0.15, 0.2) is 0 Å². The molecule has 0 saturated heterocycles. The highest BCUT2D eigenvalue weighted by atomic mass is 35.5. The van der Waals surface area contributed by atoms with E-state index in [1.165, 1.54) is 37.1 Å². The van der Waals surface area contributed by atoms with Crippen LogP contribution >= 0.6 is 23.4 Å². The van der Waals surface area contributed by atoms with E-state index in [9.17, 15) is 14.4 Å². The number of halogens is 1. The van der Waals surface area contributed by atoms with Gasteiger partial charge >= 0.3 is 11.6 Å². The molecule has 0 atom stereocenters. The topological polar surface area (TPSA) is 85.6 Å². The Kier molecular flexibility index (Phi) is 9.10. The third-order valence-corrected chi connectivity index (χ3v) is 7.88. The zero-order chi connectivity index (χ0) is 25.5. The minimum absolute atomic E-state index is 0.0246. The minimum Gasteiger partial charge on any atom is -0.457 e. The quantitative estimate of drug-likeness (QED) is 0.216. The first-order valence-corrected chi connectivity index (χ1v) is 13.7. The summed E-state index contributed by atoms with van der Waals surface area (Å²) >= 11 is 7.57. The second-order valence-corrected chi connectivity index (χ2v) is 10.6. The van der Waals surface area contributed by atoms with Crippen LogP contribution in [0.15, 0.2) is 56.6 Å². The molecule has 8 heteroatoms. The molecule has 1 aliphatic rings. The van der Waals surface area contributed by atoms with Crippen LogP contribution in [0.2, 0.25) is 5.02 Å². The maximum Gasteiger partial charge on any atom is 0.339 e. The number of amides is 1. The lowest BCUT2D eigenvalue weighted by Gasteiger charge is -2.21. The summed E-state index contributed by atoms with van der Waals surface area (Å²) in [5.74, 6) is -0.329. The van der Waals surface area contributed by atoms with Gasteiger partial charge in [-0.05, 0) is 49.6 Å². The highest BCUT2D eigenvalue weighted by molar-refractivity contribution is 8.00. The Hall–Kier alpha value is -2.77. The lowest BCUT2D eigenvalue weighted by molar-refractivity contribution is -0.119. The Morgan fingerprint density at radius 2 is 1.81 bits per heavy atom. The van der Waals surface area contributed by atoms with E-state index < -0.39 is 11.6 Å². The first-order chi connectivity index (χ1) is 17.4. The molecule has 0 unspecified atom stereocenters. The second-order valence-electron chi connectivity index (χ2n) is 9.16. The van der Waals surface area contributed by atoms with Gasteiger partial charge in [0.25, 0.3) is 0 Å². The molecule has 3 aromatic rings. The molecule has 1 aromatic heterocycles. The highest BCUT2D eigenvalue weighted by Gasteiger charge is 2.18. The summed E-state index contributed by atoms with van der Waals surface area (Å²) in [4.78, 5) is 38.2. The molecule has 1 heterocycles. The van der Waals surface area contributed by atoms with Crippen LogP contribution < -0.4 is 10.9 Å². The van der Waals surface area contributed by atoms with E-state index in [0.717, 1.165) is 31.2 Å². The summed E-state index contributed by atoms with van der Waals surface area (Å²) in [7, 11) is 0. The summed E-state index contributed by atoms with van der Waals surface area (Å²) in [6, 6.07) is 12.0. The fourth-order valence-corrected chi connectivity index (χ4v) is 5.48. The maximum absolute atomic E-state index is 12.9. The number of benzene rings is 2. The van der Waals surface area contributed by atoms with Crippen LogP contribution in [0.5, 0.6) is 0 Å². The van der Waals surface area contributed by atoms with Gasteiger partial charge in [-0.3, -0.25) is 4.79 Å². The summed E-state index contributed by atoms with van der Waals surface area (Å²) in [5, 5.41) is 4.31. The van der Waals surface area contributed by atoms with Crippen molar-refractivity contribution in [3.05, 3.63) is 74.6 Å². The predicted octanol–water partition coefficient (Wildman–Crippen LogP) is 6.43. The molecule has 1 saturated carbocycles. The van der Waals surface area contributed by atoms with E-state index in [1.54, 1.807) is 30.3 Å². The SMILES string of the molecule is Cc1cc2oc(=O)cc(COC(=O)c3ccccc3SCC(=O)NC3CCCCCCC3)c2cc1Cl. The molecule has 6 nitrogen and oxygen atoms in total. The maximum atomic E-state index is 12.9. The molecule has 2 aromatic carbocycles. The molecule has 0 spiro atoms. The van der Waals surface area contributed by atoms with Crippen LogP contribution in [0.1, 0.15) is 66.4 Å². The van der Waals surface area contributed by atoms with Crippen molar-refractivity contribution in [2.75, 3.05) is 5.75 Å². The normalized spacial score (nSPS) is 14.7. The Balaban J connectivity index is 1.40. The van der Waals surface area contributed by atoms with E-state index in [2.05, 4.69) is 5.32 Å². The van der Waals surface area contributed by atoms with Crippen LogP contribution in [0.3, 0.4) is 0 Å². The Morgan fingerprint density at radius 1 is 1.08 bits per heavy atom. The lowest BCUT2D eigenvalue weighted by atomic mass is 9.97. The van der Waals surface area contributed by atoms with Gasteiger partial charge in [-0.1, -0.05) is 55.8 Å². The number of rotatable bonds is 7. The fourth-order valence-electron chi connectivity index (χ4n) is 4.46.